The van der Waals surface area contributed by atoms with E-state index in [0.717, 1.165) is 11.6 Å². The second-order valence-corrected chi connectivity index (χ2v) is 6.22. The number of rotatable bonds is 6. The highest BCUT2D eigenvalue weighted by Crippen LogP contribution is 2.33. The van der Waals surface area contributed by atoms with Crippen molar-refractivity contribution in [3.63, 3.8) is 0 Å². The van der Waals surface area contributed by atoms with Crippen LogP contribution in [-0.4, -0.2) is 26.7 Å². The van der Waals surface area contributed by atoms with E-state index in [9.17, 15) is 13.6 Å². The van der Waals surface area contributed by atoms with Crippen molar-refractivity contribution in [2.75, 3.05) is 20.8 Å². The van der Waals surface area contributed by atoms with Gasteiger partial charge in [0.25, 0.3) is 0 Å². The van der Waals surface area contributed by atoms with E-state index in [-0.39, 0.29) is 18.5 Å². The molecule has 1 aliphatic heterocycles. The van der Waals surface area contributed by atoms with Crippen LogP contribution >= 0.6 is 0 Å². The molecule has 3 rings (SSSR count). The van der Waals surface area contributed by atoms with Crippen molar-refractivity contribution in [1.29, 1.82) is 0 Å². The summed E-state index contributed by atoms with van der Waals surface area (Å²) in [6.45, 7) is 0.463. The summed E-state index contributed by atoms with van der Waals surface area (Å²) in [7, 11) is 3.10. The Labute approximate surface area is 155 Å². The van der Waals surface area contributed by atoms with Gasteiger partial charge in [-0.05, 0) is 35.4 Å². The van der Waals surface area contributed by atoms with E-state index in [2.05, 4.69) is 16.2 Å². The van der Waals surface area contributed by atoms with E-state index in [4.69, 9.17) is 9.47 Å². The van der Waals surface area contributed by atoms with Gasteiger partial charge in [-0.3, -0.25) is 10.2 Å². The van der Waals surface area contributed by atoms with Crippen LogP contribution in [0.2, 0.25) is 0 Å². The Morgan fingerprint density at radius 1 is 1.11 bits per heavy atom. The monoisotopic (exact) mass is 377 g/mol. The molecule has 0 radical (unpaired) electrons. The molecule has 1 fully saturated rings. The molecule has 0 bridgehead atoms. The van der Waals surface area contributed by atoms with Crippen LogP contribution in [0.5, 0.6) is 11.5 Å². The molecule has 1 amide bonds. The van der Waals surface area contributed by atoms with Crippen LogP contribution in [0.25, 0.3) is 0 Å². The molecule has 0 aliphatic carbocycles. The smallest absolute Gasteiger partial charge is 0.226 e. The van der Waals surface area contributed by atoms with Gasteiger partial charge in [0.1, 0.15) is 11.6 Å². The van der Waals surface area contributed by atoms with Crippen LogP contribution in [-0.2, 0) is 11.3 Å². The average Bonchev–Trinajstić information content (AvgIpc) is 3.14. The van der Waals surface area contributed by atoms with Gasteiger partial charge in [-0.1, -0.05) is 6.07 Å². The fraction of sp³-hybridized carbons (Fsp3) is 0.316. The van der Waals surface area contributed by atoms with Gasteiger partial charge in [-0.15, -0.1) is 0 Å². The fourth-order valence-corrected chi connectivity index (χ4v) is 3.14. The summed E-state index contributed by atoms with van der Waals surface area (Å²) in [6.07, 6.45) is 0. The van der Waals surface area contributed by atoms with Crippen molar-refractivity contribution in [2.45, 2.75) is 12.6 Å². The number of hydrazine groups is 1. The minimum atomic E-state index is -0.674. The average molecular weight is 377 g/mol. The van der Waals surface area contributed by atoms with Crippen molar-refractivity contribution >= 4 is 5.91 Å². The number of methoxy groups -OCH3 is 2. The molecule has 2 aromatic rings. The molecule has 0 spiro atoms. The van der Waals surface area contributed by atoms with Crippen molar-refractivity contribution < 1.29 is 23.0 Å². The van der Waals surface area contributed by atoms with E-state index in [0.29, 0.717) is 23.6 Å². The van der Waals surface area contributed by atoms with Gasteiger partial charge in [-0.2, -0.15) is 0 Å². The first-order valence-electron chi connectivity index (χ1n) is 8.45. The lowest BCUT2D eigenvalue weighted by Crippen LogP contribution is -2.34. The molecule has 6 nitrogen and oxygen atoms in total. The minimum Gasteiger partial charge on any atom is -0.493 e. The van der Waals surface area contributed by atoms with Crippen LogP contribution in [0.1, 0.15) is 17.2 Å². The summed E-state index contributed by atoms with van der Waals surface area (Å²) >= 11 is 0. The van der Waals surface area contributed by atoms with Crippen LogP contribution in [0.15, 0.2) is 36.4 Å². The fourth-order valence-electron chi connectivity index (χ4n) is 3.14. The van der Waals surface area contributed by atoms with Crippen molar-refractivity contribution in [3.05, 3.63) is 59.2 Å². The summed E-state index contributed by atoms with van der Waals surface area (Å²) in [6, 6.07) is 8.34. The molecule has 1 saturated heterocycles. The highest BCUT2D eigenvalue weighted by molar-refractivity contribution is 5.80. The van der Waals surface area contributed by atoms with E-state index >= 15 is 0 Å². The zero-order valence-corrected chi connectivity index (χ0v) is 15.0. The Morgan fingerprint density at radius 3 is 2.48 bits per heavy atom. The minimum absolute atomic E-state index is 0.0443. The van der Waals surface area contributed by atoms with Crippen LogP contribution < -0.4 is 25.6 Å². The van der Waals surface area contributed by atoms with Crippen LogP contribution in [0.4, 0.5) is 8.78 Å². The summed E-state index contributed by atoms with van der Waals surface area (Å²) in [5.41, 5.74) is 7.28. The van der Waals surface area contributed by atoms with Gasteiger partial charge in [0, 0.05) is 19.2 Å². The van der Waals surface area contributed by atoms with Gasteiger partial charge in [-0.25, -0.2) is 14.2 Å². The molecule has 144 valence electrons. The maximum absolute atomic E-state index is 13.3. The molecule has 3 N–H and O–H groups in total. The van der Waals surface area contributed by atoms with Crippen molar-refractivity contribution in [2.24, 2.45) is 5.92 Å². The molecular formula is C19H21F2N3O3. The first kappa shape index (κ1) is 19.1. The third-order valence-electron chi connectivity index (χ3n) is 4.47. The maximum Gasteiger partial charge on any atom is 0.226 e. The predicted molar refractivity (Wildman–Crippen MR) is 95.1 cm³/mol. The first-order chi connectivity index (χ1) is 13.0. The van der Waals surface area contributed by atoms with Crippen molar-refractivity contribution in [3.8, 4) is 11.5 Å². The number of benzene rings is 2. The lowest BCUT2D eigenvalue weighted by atomic mass is 9.93. The van der Waals surface area contributed by atoms with E-state index in [1.807, 2.05) is 12.1 Å². The van der Waals surface area contributed by atoms with E-state index < -0.39 is 17.6 Å². The number of ether oxygens (including phenoxy) is 2. The third kappa shape index (κ3) is 4.35. The summed E-state index contributed by atoms with van der Waals surface area (Å²) < 4.78 is 37.1. The molecule has 2 atom stereocenters. The number of nitrogens with one attached hydrogen (secondary N) is 3. The first-order valence-corrected chi connectivity index (χ1v) is 8.45. The van der Waals surface area contributed by atoms with Gasteiger partial charge < -0.3 is 14.8 Å². The SMILES string of the molecule is COc1ccc(C2NNCC2C(=O)NCc2cc(F)cc(F)c2)cc1OC. The Hall–Kier alpha value is -2.71. The van der Waals surface area contributed by atoms with Gasteiger partial charge in [0.05, 0.1) is 26.2 Å². The summed E-state index contributed by atoms with van der Waals surface area (Å²) in [5.74, 6) is -0.809. The Balaban J connectivity index is 1.71. The maximum atomic E-state index is 13.3. The van der Waals surface area contributed by atoms with Crippen molar-refractivity contribution in [1.82, 2.24) is 16.2 Å². The zero-order valence-electron chi connectivity index (χ0n) is 15.0. The highest BCUT2D eigenvalue weighted by Gasteiger charge is 2.34. The molecule has 2 aromatic carbocycles. The molecule has 8 heteroatoms. The van der Waals surface area contributed by atoms with E-state index in [1.165, 1.54) is 12.1 Å². The number of amides is 1. The summed E-state index contributed by atoms with van der Waals surface area (Å²) in [5, 5.41) is 2.74. The van der Waals surface area contributed by atoms with Gasteiger partial charge >= 0.3 is 0 Å². The van der Waals surface area contributed by atoms with Gasteiger partial charge in [0.15, 0.2) is 11.5 Å². The quantitative estimate of drug-likeness (QED) is 0.719. The second-order valence-electron chi connectivity index (χ2n) is 6.22. The normalized spacial score (nSPS) is 19.0. The number of hydrogen-bond acceptors (Lipinski definition) is 5. The number of carbonyl (C=O) groups excluding carboxylic acids is 1. The molecule has 2 unspecified atom stereocenters. The number of hydrogen-bond donors (Lipinski definition) is 3. The molecule has 27 heavy (non-hydrogen) atoms. The second kappa shape index (κ2) is 8.32. The lowest BCUT2D eigenvalue weighted by molar-refractivity contribution is -0.125. The molecular weight excluding hydrogens is 356 g/mol. The topological polar surface area (TPSA) is 71.6 Å². The number of halogens is 2. The largest absolute Gasteiger partial charge is 0.493 e. The Morgan fingerprint density at radius 2 is 1.81 bits per heavy atom. The van der Waals surface area contributed by atoms with Crippen LogP contribution in [0, 0.1) is 17.6 Å². The standard InChI is InChI=1S/C19H21F2N3O3/c1-26-16-4-3-12(7-17(16)27-2)18-15(10-23-24-18)19(25)22-9-11-5-13(20)8-14(21)6-11/h3-8,15,18,23-24H,9-10H2,1-2H3,(H,22,25). The van der Waals surface area contributed by atoms with Crippen LogP contribution in [0.3, 0.4) is 0 Å². The molecule has 0 aromatic heterocycles. The summed E-state index contributed by atoms with van der Waals surface area (Å²) in [4.78, 5) is 12.6. The Bertz CT molecular complexity index is 812. The van der Waals surface area contributed by atoms with E-state index in [1.54, 1.807) is 20.3 Å². The predicted octanol–water partition coefficient (Wildman–Crippen LogP) is 2.06. The molecule has 1 heterocycles. The Kier molecular flexibility index (Phi) is 5.88. The third-order valence-corrected chi connectivity index (χ3v) is 4.47. The highest BCUT2D eigenvalue weighted by atomic mass is 19.1. The number of carbonyl (C=O) groups is 1. The van der Waals surface area contributed by atoms with Gasteiger partial charge in [0.2, 0.25) is 5.91 Å². The zero-order chi connectivity index (χ0) is 19.4. The molecule has 1 aliphatic rings. The molecule has 0 saturated carbocycles. The lowest BCUT2D eigenvalue weighted by Gasteiger charge is -2.20.